The van der Waals surface area contributed by atoms with Crippen LogP contribution in [0.15, 0.2) is 22.7 Å². The van der Waals surface area contributed by atoms with Crippen molar-refractivity contribution in [3.05, 3.63) is 28.2 Å². The molecule has 2 atom stereocenters. The zero-order chi connectivity index (χ0) is 15.5. The summed E-state index contributed by atoms with van der Waals surface area (Å²) in [5.41, 5.74) is 1.10. The summed E-state index contributed by atoms with van der Waals surface area (Å²) in [7, 11) is 0.494. The van der Waals surface area contributed by atoms with E-state index in [0.717, 1.165) is 35.0 Å². The third kappa shape index (κ3) is 3.99. The molecule has 1 aromatic rings. The van der Waals surface area contributed by atoms with Crippen LogP contribution >= 0.6 is 15.9 Å². The fraction of sp³-hybridized carbons (Fsp3) is 0.600. The summed E-state index contributed by atoms with van der Waals surface area (Å²) >= 11 is 3.47. The number of halogens is 1. The van der Waals surface area contributed by atoms with Crippen LogP contribution in [0.25, 0.3) is 0 Å². The van der Waals surface area contributed by atoms with Gasteiger partial charge in [0.2, 0.25) is 0 Å². The average Bonchev–Trinajstić information content (AvgIpc) is 2.45. The van der Waals surface area contributed by atoms with E-state index >= 15 is 0 Å². The van der Waals surface area contributed by atoms with Crippen LogP contribution in [0.1, 0.15) is 24.8 Å². The summed E-state index contributed by atoms with van der Waals surface area (Å²) in [6.07, 6.45) is 3.24. The van der Waals surface area contributed by atoms with E-state index in [9.17, 15) is 8.42 Å². The van der Waals surface area contributed by atoms with Crippen molar-refractivity contribution in [2.45, 2.75) is 37.0 Å². The van der Waals surface area contributed by atoms with Crippen LogP contribution in [-0.4, -0.2) is 39.6 Å². The highest BCUT2D eigenvalue weighted by atomic mass is 79.9. The van der Waals surface area contributed by atoms with E-state index in [0.29, 0.717) is 12.2 Å². The zero-order valence-corrected chi connectivity index (χ0v) is 14.8. The lowest BCUT2D eigenvalue weighted by Crippen LogP contribution is -2.46. The van der Waals surface area contributed by atoms with Gasteiger partial charge in [-0.1, -0.05) is 12.5 Å². The van der Waals surface area contributed by atoms with Crippen LogP contribution in [0, 0.1) is 0 Å². The smallest absolute Gasteiger partial charge is 0.154 e. The lowest BCUT2D eigenvalue weighted by Gasteiger charge is -2.30. The van der Waals surface area contributed by atoms with E-state index in [2.05, 4.69) is 21.2 Å². The van der Waals surface area contributed by atoms with Gasteiger partial charge in [0.15, 0.2) is 9.84 Å². The first kappa shape index (κ1) is 16.8. The SMILES string of the molecule is CNC(Cc1ccc(OC)c(Br)c1)C1CCCCS1(=O)=O. The second-order valence-corrected chi connectivity index (χ2v) is 8.66. The minimum atomic E-state index is -2.98. The molecule has 1 N–H and O–H groups in total. The Labute approximate surface area is 135 Å². The number of sulfone groups is 1. The van der Waals surface area contributed by atoms with Crippen molar-refractivity contribution in [1.29, 1.82) is 0 Å². The molecule has 0 bridgehead atoms. The maximum atomic E-state index is 12.3. The molecule has 0 saturated carbocycles. The summed E-state index contributed by atoms with van der Waals surface area (Å²) in [4.78, 5) is 0. The highest BCUT2D eigenvalue weighted by Gasteiger charge is 2.34. The van der Waals surface area contributed by atoms with Gasteiger partial charge in [-0.2, -0.15) is 0 Å². The molecule has 0 spiro atoms. The molecule has 2 rings (SSSR count). The highest BCUT2D eigenvalue weighted by molar-refractivity contribution is 9.10. The van der Waals surface area contributed by atoms with E-state index in [1.165, 1.54) is 0 Å². The predicted octanol–water partition coefficient (Wildman–Crippen LogP) is 2.56. The molecule has 0 amide bonds. The van der Waals surface area contributed by atoms with E-state index in [1.54, 1.807) is 7.11 Å². The molecule has 1 fully saturated rings. The first-order valence-electron chi connectivity index (χ1n) is 7.19. The first-order chi connectivity index (χ1) is 9.97. The van der Waals surface area contributed by atoms with Gasteiger partial charge in [-0.15, -0.1) is 0 Å². The Morgan fingerprint density at radius 2 is 2.19 bits per heavy atom. The number of likely N-dealkylation sites (N-methyl/N-ethyl adjacent to an activating group) is 1. The molecule has 118 valence electrons. The number of ether oxygens (including phenoxy) is 1. The van der Waals surface area contributed by atoms with Gasteiger partial charge < -0.3 is 10.1 Å². The number of benzene rings is 1. The summed E-state index contributed by atoms with van der Waals surface area (Å²) in [5, 5.41) is 2.92. The molecule has 0 aromatic heterocycles. The molecular formula is C15H22BrNO3S. The molecular weight excluding hydrogens is 354 g/mol. The summed E-state index contributed by atoms with van der Waals surface area (Å²) < 4.78 is 30.7. The zero-order valence-electron chi connectivity index (χ0n) is 12.4. The van der Waals surface area contributed by atoms with Crippen molar-refractivity contribution in [3.8, 4) is 5.75 Å². The van der Waals surface area contributed by atoms with Gasteiger partial charge in [0.25, 0.3) is 0 Å². The topological polar surface area (TPSA) is 55.4 Å². The van der Waals surface area contributed by atoms with Crippen LogP contribution in [0.3, 0.4) is 0 Å². The first-order valence-corrected chi connectivity index (χ1v) is 9.70. The van der Waals surface area contributed by atoms with Crippen LogP contribution in [0.5, 0.6) is 5.75 Å². The minimum Gasteiger partial charge on any atom is -0.496 e. The molecule has 0 aliphatic carbocycles. The third-order valence-corrected chi connectivity index (χ3v) is 7.08. The number of rotatable bonds is 5. The molecule has 0 radical (unpaired) electrons. The van der Waals surface area contributed by atoms with Crippen molar-refractivity contribution >= 4 is 25.8 Å². The summed E-state index contributed by atoms with van der Waals surface area (Å²) in [6.45, 7) is 0. The second kappa shape index (κ2) is 7.11. The molecule has 21 heavy (non-hydrogen) atoms. The van der Waals surface area contributed by atoms with Crippen LogP contribution in [-0.2, 0) is 16.3 Å². The van der Waals surface area contributed by atoms with Crippen LogP contribution < -0.4 is 10.1 Å². The Hall–Kier alpha value is -0.590. The van der Waals surface area contributed by atoms with Crippen molar-refractivity contribution in [3.63, 3.8) is 0 Å². The lowest BCUT2D eigenvalue weighted by molar-refractivity contribution is 0.411. The maximum absolute atomic E-state index is 12.3. The Kier molecular flexibility index (Phi) is 5.68. The standard InChI is InChI=1S/C15H22BrNO3S/c1-17-13(15-5-3-4-8-21(15,18)19)10-11-6-7-14(20-2)12(16)9-11/h6-7,9,13,15,17H,3-5,8,10H2,1-2H3. The monoisotopic (exact) mass is 375 g/mol. The Balaban J connectivity index is 2.17. The van der Waals surface area contributed by atoms with Gasteiger partial charge >= 0.3 is 0 Å². The van der Waals surface area contributed by atoms with Gasteiger partial charge in [-0.25, -0.2) is 8.42 Å². The molecule has 4 nitrogen and oxygen atoms in total. The Morgan fingerprint density at radius 1 is 1.43 bits per heavy atom. The largest absolute Gasteiger partial charge is 0.496 e. The van der Waals surface area contributed by atoms with Gasteiger partial charge in [0.1, 0.15) is 5.75 Å². The maximum Gasteiger partial charge on any atom is 0.154 e. The van der Waals surface area contributed by atoms with E-state index < -0.39 is 9.84 Å². The van der Waals surface area contributed by atoms with Crippen LogP contribution in [0.2, 0.25) is 0 Å². The number of hydrogen-bond acceptors (Lipinski definition) is 4. The van der Waals surface area contributed by atoms with E-state index in [4.69, 9.17) is 4.74 Å². The molecule has 1 aliphatic heterocycles. The Morgan fingerprint density at radius 3 is 2.76 bits per heavy atom. The van der Waals surface area contributed by atoms with Crippen molar-refractivity contribution < 1.29 is 13.2 Å². The molecule has 2 unspecified atom stereocenters. The minimum absolute atomic E-state index is 0.0457. The van der Waals surface area contributed by atoms with Crippen molar-refractivity contribution in [1.82, 2.24) is 5.32 Å². The molecule has 1 saturated heterocycles. The average molecular weight is 376 g/mol. The molecule has 1 aromatic carbocycles. The summed E-state index contributed by atoms with van der Waals surface area (Å²) in [6, 6.07) is 5.85. The number of methoxy groups -OCH3 is 1. The third-order valence-electron chi connectivity index (χ3n) is 4.12. The fourth-order valence-corrected chi connectivity index (χ4v) is 5.70. The number of hydrogen-bond donors (Lipinski definition) is 1. The predicted molar refractivity (Wildman–Crippen MR) is 88.7 cm³/mol. The summed E-state index contributed by atoms with van der Waals surface area (Å²) in [5.74, 6) is 1.10. The Bertz CT molecular complexity index is 589. The number of nitrogens with one attached hydrogen (secondary N) is 1. The molecule has 1 heterocycles. The molecule has 6 heteroatoms. The van der Waals surface area contributed by atoms with Crippen molar-refractivity contribution in [2.24, 2.45) is 0 Å². The quantitative estimate of drug-likeness (QED) is 0.858. The van der Waals surface area contributed by atoms with Gasteiger partial charge in [-0.3, -0.25) is 0 Å². The molecule has 1 aliphatic rings. The van der Waals surface area contributed by atoms with Crippen LogP contribution in [0.4, 0.5) is 0 Å². The highest BCUT2D eigenvalue weighted by Crippen LogP contribution is 2.28. The van der Waals surface area contributed by atoms with Gasteiger partial charge in [0.05, 0.1) is 22.6 Å². The van der Waals surface area contributed by atoms with Gasteiger partial charge in [-0.05, 0) is 59.9 Å². The van der Waals surface area contributed by atoms with E-state index in [-0.39, 0.29) is 11.3 Å². The van der Waals surface area contributed by atoms with Crippen molar-refractivity contribution in [2.75, 3.05) is 19.9 Å². The fourth-order valence-electron chi connectivity index (χ4n) is 2.94. The second-order valence-electron chi connectivity index (χ2n) is 5.47. The van der Waals surface area contributed by atoms with Gasteiger partial charge in [0, 0.05) is 6.04 Å². The lowest BCUT2D eigenvalue weighted by atomic mass is 9.99. The normalized spacial score (nSPS) is 22.7. The van der Waals surface area contributed by atoms with E-state index in [1.807, 2.05) is 25.2 Å².